The van der Waals surface area contributed by atoms with Crippen LogP contribution in [0, 0.1) is 0 Å². The molecule has 2 atom stereocenters. The van der Waals surface area contributed by atoms with E-state index in [1.807, 2.05) is 54.7 Å². The SMILES string of the molecule is COc1ccc2cc1OCC(=O)NCc1ccc(cc1)O[C@H]1CN(C(=O)c3cccc(Cn4cccn4)c3)C[C@@H]1NC2=O. The molecule has 2 N–H and O–H groups in total. The molecule has 43 heavy (non-hydrogen) atoms. The second-order valence-corrected chi connectivity index (χ2v) is 10.4. The summed E-state index contributed by atoms with van der Waals surface area (Å²) in [6, 6.07) is 20.9. The van der Waals surface area contributed by atoms with Gasteiger partial charge in [0.2, 0.25) is 0 Å². The van der Waals surface area contributed by atoms with Crippen molar-refractivity contribution in [2.75, 3.05) is 26.8 Å². The zero-order valence-corrected chi connectivity index (χ0v) is 23.6. The summed E-state index contributed by atoms with van der Waals surface area (Å²) in [4.78, 5) is 41.2. The minimum absolute atomic E-state index is 0.152. The molecular weight excluding hydrogens is 550 g/mol. The highest BCUT2D eigenvalue weighted by molar-refractivity contribution is 5.96. The Balaban J connectivity index is 1.26. The molecule has 7 rings (SSSR count). The number of nitrogens with zero attached hydrogens (tertiary/aromatic N) is 3. The number of carbonyl (C=O) groups is 3. The van der Waals surface area contributed by atoms with E-state index in [2.05, 4.69) is 15.7 Å². The van der Waals surface area contributed by atoms with Crippen LogP contribution in [0.3, 0.4) is 0 Å². The van der Waals surface area contributed by atoms with Crippen molar-refractivity contribution in [3.63, 3.8) is 0 Å². The molecule has 3 aliphatic heterocycles. The lowest BCUT2D eigenvalue weighted by molar-refractivity contribution is -0.123. The number of fused-ring (bicyclic) bond motifs is 7. The zero-order valence-electron chi connectivity index (χ0n) is 23.6. The number of nitrogens with one attached hydrogen (secondary N) is 2. The van der Waals surface area contributed by atoms with Crippen molar-refractivity contribution in [3.8, 4) is 17.2 Å². The Morgan fingerprint density at radius 2 is 1.91 bits per heavy atom. The van der Waals surface area contributed by atoms with E-state index >= 15 is 0 Å². The van der Waals surface area contributed by atoms with E-state index in [0.717, 1.165) is 11.1 Å². The first-order valence-electron chi connectivity index (χ1n) is 13.9. The molecule has 3 aliphatic rings. The van der Waals surface area contributed by atoms with Crippen molar-refractivity contribution in [1.82, 2.24) is 25.3 Å². The van der Waals surface area contributed by atoms with Crippen molar-refractivity contribution in [1.29, 1.82) is 0 Å². The van der Waals surface area contributed by atoms with Gasteiger partial charge in [0.25, 0.3) is 17.7 Å². The van der Waals surface area contributed by atoms with Crippen LogP contribution >= 0.6 is 0 Å². The Kier molecular flexibility index (Phi) is 7.94. The molecule has 0 aliphatic carbocycles. The Morgan fingerprint density at radius 3 is 2.70 bits per heavy atom. The molecule has 4 bridgehead atoms. The fraction of sp³-hybridized carbons (Fsp3) is 0.250. The first-order valence-corrected chi connectivity index (χ1v) is 13.9. The van der Waals surface area contributed by atoms with Crippen LogP contribution in [0.1, 0.15) is 31.8 Å². The van der Waals surface area contributed by atoms with Crippen molar-refractivity contribution in [2.45, 2.75) is 25.2 Å². The van der Waals surface area contributed by atoms with Gasteiger partial charge < -0.3 is 29.7 Å². The molecule has 4 heterocycles. The van der Waals surface area contributed by atoms with Gasteiger partial charge in [-0.2, -0.15) is 5.10 Å². The third kappa shape index (κ3) is 6.45. The van der Waals surface area contributed by atoms with Crippen LogP contribution in [0.2, 0.25) is 0 Å². The quantitative estimate of drug-likeness (QED) is 0.380. The monoisotopic (exact) mass is 581 g/mol. The van der Waals surface area contributed by atoms with E-state index in [4.69, 9.17) is 14.2 Å². The summed E-state index contributed by atoms with van der Waals surface area (Å²) in [5, 5.41) is 10.1. The van der Waals surface area contributed by atoms with Crippen molar-refractivity contribution < 1.29 is 28.6 Å². The van der Waals surface area contributed by atoms with Crippen molar-refractivity contribution in [2.24, 2.45) is 0 Å². The predicted molar refractivity (Wildman–Crippen MR) is 156 cm³/mol. The van der Waals surface area contributed by atoms with Gasteiger partial charge in [0.15, 0.2) is 18.1 Å². The molecule has 0 saturated carbocycles. The topological polar surface area (TPSA) is 124 Å². The largest absolute Gasteiger partial charge is 0.493 e. The standard InChI is InChI=1S/C32H31N5O6/c1-41-27-11-8-23-15-28(27)42-20-30(38)33-16-21-6-9-25(10-7-21)43-29-19-36(18-26(29)35-31(23)39)32(40)24-5-2-4-22(14-24)17-37-13-3-12-34-37/h2-15,26,29H,16-20H2,1H3,(H,33,38)(H,35,39)/t26-,29-/m0/s1. The molecule has 11 nitrogen and oxygen atoms in total. The van der Waals surface area contributed by atoms with Crippen molar-refractivity contribution in [3.05, 3.63) is 107 Å². The van der Waals surface area contributed by atoms with Gasteiger partial charge in [0.1, 0.15) is 11.9 Å². The van der Waals surface area contributed by atoms with Crippen LogP contribution in [0.4, 0.5) is 0 Å². The normalized spacial score (nSPS) is 18.5. The lowest BCUT2D eigenvalue weighted by Gasteiger charge is -2.21. The highest BCUT2D eigenvalue weighted by Crippen LogP contribution is 2.29. The Morgan fingerprint density at radius 1 is 1.05 bits per heavy atom. The van der Waals surface area contributed by atoms with Gasteiger partial charge in [-0.1, -0.05) is 24.3 Å². The summed E-state index contributed by atoms with van der Waals surface area (Å²) in [6.07, 6.45) is 3.08. The molecule has 1 saturated heterocycles. The number of hydrogen-bond donors (Lipinski definition) is 2. The fourth-order valence-electron chi connectivity index (χ4n) is 5.20. The summed E-state index contributed by atoms with van der Waals surface area (Å²) in [6.45, 7) is 1.16. The number of methoxy groups -OCH3 is 1. The summed E-state index contributed by atoms with van der Waals surface area (Å²) in [7, 11) is 1.49. The molecule has 4 aromatic rings. The Hall–Kier alpha value is -5.32. The number of amides is 3. The molecular formula is C32H31N5O6. The van der Waals surface area contributed by atoms with Gasteiger partial charge in [0, 0.05) is 36.6 Å². The molecule has 220 valence electrons. The predicted octanol–water partition coefficient (Wildman–Crippen LogP) is 2.65. The number of benzene rings is 3. The van der Waals surface area contributed by atoms with Gasteiger partial charge >= 0.3 is 0 Å². The lowest BCUT2D eigenvalue weighted by Crippen LogP contribution is -2.45. The first kappa shape index (κ1) is 27.8. The van der Waals surface area contributed by atoms with E-state index in [0.29, 0.717) is 35.7 Å². The van der Waals surface area contributed by atoms with Crippen LogP contribution in [0.15, 0.2) is 85.2 Å². The van der Waals surface area contributed by atoms with Gasteiger partial charge in [0.05, 0.1) is 26.2 Å². The minimum atomic E-state index is -0.504. The van der Waals surface area contributed by atoms with E-state index in [9.17, 15) is 14.4 Å². The van der Waals surface area contributed by atoms with Crippen LogP contribution in [-0.4, -0.2) is 71.4 Å². The number of carbonyl (C=O) groups excluding carboxylic acids is 3. The van der Waals surface area contributed by atoms with Crippen LogP contribution in [0.5, 0.6) is 17.2 Å². The first-order chi connectivity index (χ1) is 20.9. The second-order valence-electron chi connectivity index (χ2n) is 10.4. The number of rotatable bonds is 4. The average molecular weight is 582 g/mol. The highest BCUT2D eigenvalue weighted by Gasteiger charge is 2.38. The van der Waals surface area contributed by atoms with Crippen LogP contribution in [-0.2, 0) is 17.9 Å². The lowest BCUT2D eigenvalue weighted by atomic mass is 10.1. The molecule has 1 aromatic heterocycles. The Labute approximate surface area is 248 Å². The fourth-order valence-corrected chi connectivity index (χ4v) is 5.20. The minimum Gasteiger partial charge on any atom is -0.493 e. The molecule has 0 radical (unpaired) electrons. The van der Waals surface area contributed by atoms with E-state index < -0.39 is 12.1 Å². The highest BCUT2D eigenvalue weighted by atomic mass is 16.5. The van der Waals surface area contributed by atoms with E-state index in [-0.39, 0.29) is 43.2 Å². The summed E-state index contributed by atoms with van der Waals surface area (Å²) >= 11 is 0. The van der Waals surface area contributed by atoms with Gasteiger partial charge in [-0.15, -0.1) is 0 Å². The third-order valence-electron chi connectivity index (χ3n) is 7.43. The van der Waals surface area contributed by atoms with Crippen molar-refractivity contribution >= 4 is 17.7 Å². The van der Waals surface area contributed by atoms with Gasteiger partial charge in [-0.05, 0) is 59.7 Å². The van der Waals surface area contributed by atoms with Crippen LogP contribution < -0.4 is 24.8 Å². The number of likely N-dealkylation sites (tertiary alicyclic amines) is 1. The molecule has 0 spiro atoms. The summed E-state index contributed by atoms with van der Waals surface area (Å²) < 4.78 is 19.2. The number of aromatic nitrogens is 2. The van der Waals surface area contributed by atoms with Gasteiger partial charge in [-0.3, -0.25) is 19.1 Å². The third-order valence-corrected chi connectivity index (χ3v) is 7.43. The van der Waals surface area contributed by atoms with E-state index in [1.165, 1.54) is 13.2 Å². The van der Waals surface area contributed by atoms with Crippen LogP contribution in [0.25, 0.3) is 0 Å². The van der Waals surface area contributed by atoms with Gasteiger partial charge in [-0.25, -0.2) is 0 Å². The molecule has 3 aromatic carbocycles. The zero-order chi connectivity index (χ0) is 29.8. The Bertz CT molecular complexity index is 1620. The second kappa shape index (κ2) is 12.3. The molecule has 11 heteroatoms. The maximum Gasteiger partial charge on any atom is 0.258 e. The number of ether oxygens (including phenoxy) is 3. The average Bonchev–Trinajstić information content (AvgIpc) is 3.68. The van der Waals surface area contributed by atoms with E-state index in [1.54, 1.807) is 34.0 Å². The molecule has 0 unspecified atom stereocenters. The number of hydrogen-bond acceptors (Lipinski definition) is 7. The maximum atomic E-state index is 13.7. The summed E-state index contributed by atoms with van der Waals surface area (Å²) in [5.41, 5.74) is 2.70. The summed E-state index contributed by atoms with van der Waals surface area (Å²) in [5.74, 6) is 0.421. The molecule has 1 fully saturated rings. The molecule has 3 amide bonds. The smallest absolute Gasteiger partial charge is 0.258 e. The maximum absolute atomic E-state index is 13.7.